The minimum atomic E-state index is -3.41. The Hall–Kier alpha value is -0.140. The highest BCUT2D eigenvalue weighted by Crippen LogP contribution is 1.95. The number of rotatable bonds is 5. The van der Waals surface area contributed by atoms with Crippen LogP contribution in [-0.2, 0) is 14.8 Å². The van der Waals surface area contributed by atoms with E-state index in [1.54, 1.807) is 6.92 Å². The maximum absolute atomic E-state index is 10.9. The van der Waals surface area contributed by atoms with Crippen molar-refractivity contribution in [3.63, 3.8) is 0 Å². The summed E-state index contributed by atoms with van der Waals surface area (Å²) in [6.07, 6.45) is 0.338. The van der Waals surface area contributed by atoms with E-state index in [4.69, 9.17) is 5.14 Å². The number of alkyl halides is 1. The van der Waals surface area contributed by atoms with Crippen LogP contribution in [0.5, 0.6) is 0 Å². The van der Waals surface area contributed by atoms with Gasteiger partial charge in [0.05, 0.1) is 10.6 Å². The number of nitrogens with one attached hydrogen (secondary N) is 1. The van der Waals surface area contributed by atoms with E-state index in [1.165, 1.54) is 0 Å². The average molecular weight is 273 g/mol. The van der Waals surface area contributed by atoms with Crippen LogP contribution < -0.4 is 10.5 Å². The Morgan fingerprint density at radius 2 is 2.15 bits per heavy atom. The van der Waals surface area contributed by atoms with Crippen molar-refractivity contribution in [2.75, 3.05) is 12.3 Å². The molecule has 0 radical (unpaired) electrons. The van der Waals surface area contributed by atoms with Crippen LogP contribution >= 0.6 is 15.9 Å². The summed E-state index contributed by atoms with van der Waals surface area (Å²) >= 11 is 3.08. The molecule has 5 nitrogen and oxygen atoms in total. The zero-order valence-electron chi connectivity index (χ0n) is 7.29. The Balaban J connectivity index is 3.53. The summed E-state index contributed by atoms with van der Waals surface area (Å²) in [7, 11) is -3.41. The minimum Gasteiger partial charge on any atom is -0.355 e. The number of hydrogen-bond acceptors (Lipinski definition) is 3. The van der Waals surface area contributed by atoms with Crippen LogP contribution in [0.1, 0.15) is 13.3 Å². The van der Waals surface area contributed by atoms with Gasteiger partial charge in [0.25, 0.3) is 0 Å². The minimum absolute atomic E-state index is 0.107. The fraction of sp³-hybridized carbons (Fsp3) is 0.833. The quantitative estimate of drug-likeness (QED) is 0.526. The van der Waals surface area contributed by atoms with E-state index in [0.29, 0.717) is 13.0 Å². The van der Waals surface area contributed by atoms with Gasteiger partial charge in [0, 0.05) is 6.54 Å². The molecule has 0 aromatic carbocycles. The zero-order valence-corrected chi connectivity index (χ0v) is 9.69. The molecule has 1 amide bonds. The summed E-state index contributed by atoms with van der Waals surface area (Å²) in [6, 6.07) is 0. The van der Waals surface area contributed by atoms with Crippen molar-refractivity contribution in [3.8, 4) is 0 Å². The van der Waals surface area contributed by atoms with Gasteiger partial charge < -0.3 is 5.32 Å². The number of hydrogen-bond donors (Lipinski definition) is 2. The fourth-order valence-electron chi connectivity index (χ4n) is 0.626. The van der Waals surface area contributed by atoms with E-state index >= 15 is 0 Å². The molecule has 13 heavy (non-hydrogen) atoms. The highest BCUT2D eigenvalue weighted by atomic mass is 79.9. The summed E-state index contributed by atoms with van der Waals surface area (Å²) in [5, 5.41) is 7.31. The summed E-state index contributed by atoms with van der Waals surface area (Å²) in [4.78, 5) is 10.7. The lowest BCUT2D eigenvalue weighted by molar-refractivity contribution is -0.120. The molecule has 0 rings (SSSR count). The third-order valence-corrected chi connectivity index (χ3v) is 2.54. The van der Waals surface area contributed by atoms with Crippen molar-refractivity contribution < 1.29 is 13.2 Å². The van der Waals surface area contributed by atoms with Gasteiger partial charge in [0.15, 0.2) is 0 Å². The van der Waals surface area contributed by atoms with Gasteiger partial charge in [-0.1, -0.05) is 15.9 Å². The number of halogens is 1. The van der Waals surface area contributed by atoms with E-state index < -0.39 is 10.0 Å². The molecule has 0 aliphatic carbocycles. The number of carbonyl (C=O) groups excluding carboxylic acids is 1. The highest BCUT2D eigenvalue weighted by molar-refractivity contribution is 9.10. The molecular formula is C6H13BrN2O3S. The van der Waals surface area contributed by atoms with Gasteiger partial charge in [-0.05, 0) is 13.3 Å². The monoisotopic (exact) mass is 272 g/mol. The Bertz CT molecular complexity index is 263. The predicted octanol–water partition coefficient (Wildman–Crippen LogP) is -0.435. The zero-order chi connectivity index (χ0) is 10.5. The Labute approximate surface area is 86.2 Å². The third kappa shape index (κ3) is 8.20. The van der Waals surface area contributed by atoms with Crippen LogP contribution in [0.4, 0.5) is 0 Å². The number of primary sulfonamides is 1. The first-order chi connectivity index (χ1) is 5.83. The molecule has 0 bridgehead atoms. The van der Waals surface area contributed by atoms with Crippen molar-refractivity contribution >= 4 is 31.9 Å². The van der Waals surface area contributed by atoms with Crippen LogP contribution in [0, 0.1) is 0 Å². The lowest BCUT2D eigenvalue weighted by Gasteiger charge is -2.05. The van der Waals surface area contributed by atoms with Crippen molar-refractivity contribution in [2.45, 2.75) is 18.2 Å². The van der Waals surface area contributed by atoms with Gasteiger partial charge in [0.2, 0.25) is 15.9 Å². The van der Waals surface area contributed by atoms with E-state index in [0.717, 1.165) is 0 Å². The maximum Gasteiger partial charge on any atom is 0.233 e. The lowest BCUT2D eigenvalue weighted by atomic mass is 10.4. The van der Waals surface area contributed by atoms with Gasteiger partial charge >= 0.3 is 0 Å². The molecule has 0 aromatic rings. The van der Waals surface area contributed by atoms with Gasteiger partial charge in [-0.3, -0.25) is 4.79 Å². The first-order valence-electron chi connectivity index (χ1n) is 3.75. The summed E-state index contributed by atoms with van der Waals surface area (Å²) < 4.78 is 20.9. The number of carbonyl (C=O) groups is 1. The predicted molar refractivity (Wildman–Crippen MR) is 54.0 cm³/mol. The van der Waals surface area contributed by atoms with E-state index in [9.17, 15) is 13.2 Å². The van der Waals surface area contributed by atoms with Gasteiger partial charge in [-0.2, -0.15) is 0 Å². The second-order valence-corrected chi connectivity index (χ2v) is 5.74. The molecule has 1 unspecified atom stereocenters. The number of amides is 1. The van der Waals surface area contributed by atoms with Crippen LogP contribution in [-0.4, -0.2) is 31.4 Å². The molecular weight excluding hydrogens is 260 g/mol. The maximum atomic E-state index is 10.9. The molecule has 0 saturated carbocycles. The van der Waals surface area contributed by atoms with Crippen LogP contribution in [0.2, 0.25) is 0 Å². The Morgan fingerprint density at radius 1 is 1.62 bits per heavy atom. The molecule has 0 heterocycles. The SMILES string of the molecule is CC(Br)C(=O)NCCCS(N)(=O)=O. The normalized spacial score (nSPS) is 13.8. The van der Waals surface area contributed by atoms with Crippen molar-refractivity contribution in [2.24, 2.45) is 5.14 Å². The van der Waals surface area contributed by atoms with E-state index in [1.807, 2.05) is 0 Å². The molecule has 0 aliphatic rings. The standard InChI is InChI=1S/C6H13BrN2O3S/c1-5(7)6(10)9-3-2-4-13(8,11)12/h5H,2-4H2,1H3,(H,9,10)(H2,8,11,12). The molecule has 0 aliphatic heterocycles. The highest BCUT2D eigenvalue weighted by Gasteiger charge is 2.07. The van der Waals surface area contributed by atoms with Gasteiger partial charge in [-0.15, -0.1) is 0 Å². The first kappa shape index (κ1) is 12.9. The molecule has 78 valence electrons. The van der Waals surface area contributed by atoms with E-state index in [2.05, 4.69) is 21.2 Å². The second-order valence-electron chi connectivity index (χ2n) is 2.63. The smallest absolute Gasteiger partial charge is 0.233 e. The topological polar surface area (TPSA) is 89.3 Å². The largest absolute Gasteiger partial charge is 0.355 e. The number of nitrogens with two attached hydrogens (primary N) is 1. The van der Waals surface area contributed by atoms with Crippen molar-refractivity contribution in [3.05, 3.63) is 0 Å². The van der Waals surface area contributed by atoms with Crippen LogP contribution in [0.25, 0.3) is 0 Å². The Kier molecular flexibility index (Phi) is 5.50. The second kappa shape index (κ2) is 5.56. The molecule has 0 spiro atoms. The molecule has 0 saturated heterocycles. The molecule has 7 heteroatoms. The van der Waals surface area contributed by atoms with E-state index in [-0.39, 0.29) is 16.5 Å². The molecule has 3 N–H and O–H groups in total. The molecule has 1 atom stereocenters. The summed E-state index contributed by atoms with van der Waals surface area (Å²) in [5.41, 5.74) is 0. The van der Waals surface area contributed by atoms with Crippen LogP contribution in [0.15, 0.2) is 0 Å². The van der Waals surface area contributed by atoms with Crippen LogP contribution in [0.3, 0.4) is 0 Å². The fourth-order valence-corrected chi connectivity index (χ4v) is 1.33. The Morgan fingerprint density at radius 3 is 2.54 bits per heavy atom. The third-order valence-electron chi connectivity index (χ3n) is 1.27. The first-order valence-corrected chi connectivity index (χ1v) is 6.38. The summed E-state index contributed by atoms with van der Waals surface area (Å²) in [5.74, 6) is -0.265. The molecule has 0 aromatic heterocycles. The summed E-state index contributed by atoms with van der Waals surface area (Å²) in [6.45, 7) is 2.01. The van der Waals surface area contributed by atoms with Gasteiger partial charge in [-0.25, -0.2) is 13.6 Å². The number of sulfonamides is 1. The lowest BCUT2D eigenvalue weighted by Crippen LogP contribution is -2.31. The van der Waals surface area contributed by atoms with Crippen molar-refractivity contribution in [1.82, 2.24) is 5.32 Å². The molecule has 0 fully saturated rings. The van der Waals surface area contributed by atoms with Gasteiger partial charge in [0.1, 0.15) is 0 Å². The average Bonchev–Trinajstić information content (AvgIpc) is 1.95. The van der Waals surface area contributed by atoms with Crippen molar-refractivity contribution in [1.29, 1.82) is 0 Å².